The molecule has 0 saturated heterocycles. The number of nitrogens with one attached hydrogen (secondary N) is 1. The van der Waals surface area contributed by atoms with E-state index in [-0.39, 0.29) is 0 Å². The summed E-state index contributed by atoms with van der Waals surface area (Å²) in [6, 6.07) is 19.8. The molecular weight excluding hydrogens is 314 g/mol. The van der Waals surface area contributed by atoms with Crippen molar-refractivity contribution >= 4 is 32.4 Å². The minimum absolute atomic E-state index is 0.299. The quantitative estimate of drug-likeness (QED) is 0.715. The van der Waals surface area contributed by atoms with Crippen molar-refractivity contribution < 1.29 is 5.11 Å². The zero-order valence-electron chi connectivity index (χ0n) is 10.8. The maximum Gasteiger partial charge on any atom is 0.115 e. The second kappa shape index (κ2) is 5.55. The molecule has 3 rings (SSSR count). The number of halogens is 1. The average Bonchev–Trinajstić information content (AvgIpc) is 2.45. The number of hydrogen-bond acceptors (Lipinski definition) is 2. The van der Waals surface area contributed by atoms with Crippen LogP contribution in [-0.2, 0) is 6.54 Å². The van der Waals surface area contributed by atoms with Crippen LogP contribution >= 0.6 is 15.9 Å². The van der Waals surface area contributed by atoms with Gasteiger partial charge in [0.1, 0.15) is 5.75 Å². The fourth-order valence-electron chi connectivity index (χ4n) is 2.20. The summed E-state index contributed by atoms with van der Waals surface area (Å²) >= 11 is 3.48. The highest BCUT2D eigenvalue weighted by atomic mass is 79.9. The average molecular weight is 328 g/mol. The van der Waals surface area contributed by atoms with E-state index in [4.69, 9.17) is 0 Å². The number of anilines is 1. The fourth-order valence-corrected chi connectivity index (χ4v) is 2.58. The molecule has 0 aliphatic rings. The van der Waals surface area contributed by atoms with Crippen molar-refractivity contribution in [2.24, 2.45) is 0 Å². The monoisotopic (exact) mass is 327 g/mol. The van der Waals surface area contributed by atoms with Crippen LogP contribution in [-0.4, -0.2) is 5.11 Å². The van der Waals surface area contributed by atoms with Gasteiger partial charge in [0.15, 0.2) is 0 Å². The number of rotatable bonds is 3. The molecule has 3 heteroatoms. The standard InChI is InChI=1S/C17H14BrNO/c18-15-6-4-14-10-16(7-5-13(14)9-15)19-11-12-2-1-3-17(20)8-12/h1-10,19-20H,11H2. The summed E-state index contributed by atoms with van der Waals surface area (Å²) in [5.74, 6) is 0.299. The highest BCUT2D eigenvalue weighted by molar-refractivity contribution is 9.10. The van der Waals surface area contributed by atoms with Crippen LogP contribution in [0.3, 0.4) is 0 Å². The van der Waals surface area contributed by atoms with Gasteiger partial charge in [0.05, 0.1) is 0 Å². The largest absolute Gasteiger partial charge is 0.508 e. The van der Waals surface area contributed by atoms with Gasteiger partial charge in [0.2, 0.25) is 0 Å². The Morgan fingerprint density at radius 3 is 2.55 bits per heavy atom. The Bertz CT molecular complexity index is 755. The first-order valence-electron chi connectivity index (χ1n) is 6.42. The SMILES string of the molecule is Oc1cccc(CNc2ccc3cc(Br)ccc3c2)c1. The summed E-state index contributed by atoms with van der Waals surface area (Å²) in [5.41, 5.74) is 2.13. The third kappa shape index (κ3) is 2.94. The lowest BCUT2D eigenvalue weighted by Gasteiger charge is -2.08. The molecule has 0 atom stereocenters. The molecule has 0 aliphatic heterocycles. The van der Waals surface area contributed by atoms with Gasteiger partial charge in [0, 0.05) is 16.7 Å². The minimum atomic E-state index is 0.299. The Hall–Kier alpha value is -2.00. The van der Waals surface area contributed by atoms with Crippen LogP contribution < -0.4 is 5.32 Å². The molecule has 2 N–H and O–H groups in total. The Kier molecular flexibility index (Phi) is 3.61. The first-order valence-corrected chi connectivity index (χ1v) is 7.21. The molecule has 0 spiro atoms. The number of fused-ring (bicyclic) bond motifs is 1. The summed E-state index contributed by atoms with van der Waals surface area (Å²) in [4.78, 5) is 0. The van der Waals surface area contributed by atoms with Crippen molar-refractivity contribution in [3.05, 3.63) is 70.7 Å². The Morgan fingerprint density at radius 1 is 0.900 bits per heavy atom. The molecule has 0 unspecified atom stereocenters. The smallest absolute Gasteiger partial charge is 0.115 e. The summed E-state index contributed by atoms with van der Waals surface area (Å²) < 4.78 is 1.09. The lowest BCUT2D eigenvalue weighted by molar-refractivity contribution is 0.474. The minimum Gasteiger partial charge on any atom is -0.508 e. The Balaban J connectivity index is 1.79. The van der Waals surface area contributed by atoms with Gasteiger partial charge in [-0.3, -0.25) is 0 Å². The summed E-state index contributed by atoms with van der Waals surface area (Å²) in [6.45, 7) is 0.691. The number of phenols is 1. The molecule has 0 heterocycles. The van der Waals surface area contributed by atoms with E-state index in [0.29, 0.717) is 12.3 Å². The highest BCUT2D eigenvalue weighted by Crippen LogP contribution is 2.23. The van der Waals surface area contributed by atoms with E-state index < -0.39 is 0 Å². The molecule has 3 aromatic carbocycles. The normalized spacial score (nSPS) is 10.7. The predicted octanol–water partition coefficient (Wildman–Crippen LogP) is 4.92. The Labute approximate surface area is 126 Å². The molecule has 100 valence electrons. The van der Waals surface area contributed by atoms with Gasteiger partial charge in [-0.15, -0.1) is 0 Å². The van der Waals surface area contributed by atoms with Crippen LogP contribution in [0, 0.1) is 0 Å². The maximum absolute atomic E-state index is 9.45. The van der Waals surface area contributed by atoms with Gasteiger partial charge in [-0.25, -0.2) is 0 Å². The third-order valence-electron chi connectivity index (χ3n) is 3.21. The molecule has 20 heavy (non-hydrogen) atoms. The van der Waals surface area contributed by atoms with E-state index in [1.807, 2.05) is 18.2 Å². The molecule has 0 radical (unpaired) electrons. The topological polar surface area (TPSA) is 32.3 Å². The van der Waals surface area contributed by atoms with E-state index >= 15 is 0 Å². The first-order chi connectivity index (χ1) is 9.70. The summed E-state index contributed by atoms with van der Waals surface area (Å²) in [6.07, 6.45) is 0. The number of phenolic OH excluding ortho intramolecular Hbond substituents is 1. The van der Waals surface area contributed by atoms with E-state index in [9.17, 15) is 5.11 Å². The number of aromatic hydroxyl groups is 1. The van der Waals surface area contributed by atoms with Crippen molar-refractivity contribution in [2.75, 3.05) is 5.32 Å². The van der Waals surface area contributed by atoms with Crippen molar-refractivity contribution in [3.8, 4) is 5.75 Å². The molecule has 0 bridgehead atoms. The van der Waals surface area contributed by atoms with Crippen LogP contribution in [0.2, 0.25) is 0 Å². The van der Waals surface area contributed by atoms with Crippen molar-refractivity contribution in [2.45, 2.75) is 6.54 Å². The molecule has 0 amide bonds. The van der Waals surface area contributed by atoms with E-state index in [0.717, 1.165) is 15.7 Å². The lowest BCUT2D eigenvalue weighted by Crippen LogP contribution is -1.98. The van der Waals surface area contributed by atoms with Crippen molar-refractivity contribution in [1.29, 1.82) is 0 Å². The molecular formula is C17H14BrNO. The van der Waals surface area contributed by atoms with Gasteiger partial charge in [-0.2, -0.15) is 0 Å². The third-order valence-corrected chi connectivity index (χ3v) is 3.70. The summed E-state index contributed by atoms with van der Waals surface area (Å²) in [5, 5.41) is 15.2. The molecule has 0 fully saturated rings. The number of benzene rings is 3. The van der Waals surface area contributed by atoms with E-state index in [1.165, 1.54) is 10.8 Å². The van der Waals surface area contributed by atoms with E-state index in [1.54, 1.807) is 12.1 Å². The van der Waals surface area contributed by atoms with Gasteiger partial charge in [0.25, 0.3) is 0 Å². The zero-order valence-corrected chi connectivity index (χ0v) is 12.4. The maximum atomic E-state index is 9.45. The summed E-state index contributed by atoms with van der Waals surface area (Å²) in [7, 11) is 0. The molecule has 0 aliphatic carbocycles. The van der Waals surface area contributed by atoms with Gasteiger partial charge >= 0.3 is 0 Å². The predicted molar refractivity (Wildman–Crippen MR) is 87.1 cm³/mol. The van der Waals surface area contributed by atoms with Crippen LogP contribution in [0.15, 0.2) is 65.1 Å². The van der Waals surface area contributed by atoms with Crippen molar-refractivity contribution in [3.63, 3.8) is 0 Å². The molecule has 2 nitrogen and oxygen atoms in total. The second-order valence-corrected chi connectivity index (χ2v) is 5.65. The Morgan fingerprint density at radius 2 is 1.70 bits per heavy atom. The molecule has 0 aromatic heterocycles. The zero-order chi connectivity index (χ0) is 13.9. The van der Waals surface area contributed by atoms with Crippen LogP contribution in [0.4, 0.5) is 5.69 Å². The van der Waals surface area contributed by atoms with Crippen LogP contribution in [0.1, 0.15) is 5.56 Å². The van der Waals surface area contributed by atoms with Crippen LogP contribution in [0.5, 0.6) is 5.75 Å². The molecule has 0 saturated carbocycles. The van der Waals surface area contributed by atoms with Crippen LogP contribution in [0.25, 0.3) is 10.8 Å². The highest BCUT2D eigenvalue weighted by Gasteiger charge is 1.99. The lowest BCUT2D eigenvalue weighted by atomic mass is 10.1. The first kappa shape index (κ1) is 13.0. The van der Waals surface area contributed by atoms with E-state index in [2.05, 4.69) is 51.6 Å². The fraction of sp³-hybridized carbons (Fsp3) is 0.0588. The molecule has 3 aromatic rings. The van der Waals surface area contributed by atoms with Gasteiger partial charge < -0.3 is 10.4 Å². The number of hydrogen-bond donors (Lipinski definition) is 2. The van der Waals surface area contributed by atoms with Gasteiger partial charge in [-0.1, -0.05) is 40.2 Å². The second-order valence-electron chi connectivity index (χ2n) is 4.73. The van der Waals surface area contributed by atoms with Gasteiger partial charge in [-0.05, 0) is 52.7 Å². The van der Waals surface area contributed by atoms with Crippen molar-refractivity contribution in [1.82, 2.24) is 0 Å².